The van der Waals surface area contributed by atoms with Crippen molar-refractivity contribution in [1.29, 1.82) is 0 Å². The van der Waals surface area contributed by atoms with Gasteiger partial charge in [0.25, 0.3) is 0 Å². The maximum Gasteiger partial charge on any atom is 0.243 e. The van der Waals surface area contributed by atoms with Crippen LogP contribution in [0.25, 0.3) is 0 Å². The van der Waals surface area contributed by atoms with Crippen molar-refractivity contribution in [1.82, 2.24) is 14.2 Å². The smallest absolute Gasteiger partial charge is 0.243 e. The first kappa shape index (κ1) is 18.0. The fraction of sp³-hybridized carbons (Fsp3) is 0.412. The highest BCUT2D eigenvalue weighted by Gasteiger charge is 2.30. The Balaban J connectivity index is 1.62. The van der Waals surface area contributed by atoms with Crippen LogP contribution >= 0.6 is 11.3 Å². The summed E-state index contributed by atoms with van der Waals surface area (Å²) in [7, 11) is -3.50. The summed E-state index contributed by atoms with van der Waals surface area (Å²) in [6.45, 7) is 5.24. The maximum atomic E-state index is 12.7. The van der Waals surface area contributed by atoms with E-state index in [4.69, 9.17) is 0 Å². The lowest BCUT2D eigenvalue weighted by molar-refractivity contribution is -0.131. The molecular formula is C17H21N3O3S2. The highest BCUT2D eigenvalue weighted by atomic mass is 32.2. The van der Waals surface area contributed by atoms with E-state index in [9.17, 15) is 13.2 Å². The van der Waals surface area contributed by atoms with Crippen molar-refractivity contribution < 1.29 is 13.2 Å². The summed E-state index contributed by atoms with van der Waals surface area (Å²) in [6.07, 6.45) is 0.273. The summed E-state index contributed by atoms with van der Waals surface area (Å²) in [4.78, 5) is 18.7. The molecule has 1 fully saturated rings. The standard InChI is InChI=1S/C17H21N3O3S2/c1-13-4-3-5-16(10-13)25(22,23)20-8-6-19(7-9-20)17(21)11-15-12-24-14(2)18-15/h3-5,10,12H,6-9,11H2,1-2H3. The lowest BCUT2D eigenvalue weighted by Crippen LogP contribution is -2.50. The molecule has 0 atom stereocenters. The predicted molar refractivity (Wildman–Crippen MR) is 97.1 cm³/mol. The lowest BCUT2D eigenvalue weighted by Gasteiger charge is -2.34. The Labute approximate surface area is 152 Å². The summed E-state index contributed by atoms with van der Waals surface area (Å²) in [5.74, 6) is -0.00194. The van der Waals surface area contributed by atoms with Gasteiger partial charge in [-0.2, -0.15) is 4.31 Å². The molecule has 1 aromatic carbocycles. The summed E-state index contributed by atoms with van der Waals surface area (Å²) in [6, 6.07) is 6.91. The molecule has 0 N–H and O–H groups in total. The van der Waals surface area contributed by atoms with Crippen molar-refractivity contribution >= 4 is 27.3 Å². The first-order valence-electron chi connectivity index (χ1n) is 8.12. The lowest BCUT2D eigenvalue weighted by atomic mass is 10.2. The Morgan fingerprint density at radius 3 is 2.52 bits per heavy atom. The van der Waals surface area contributed by atoms with Gasteiger partial charge < -0.3 is 4.90 Å². The third kappa shape index (κ3) is 4.08. The monoisotopic (exact) mass is 379 g/mol. The fourth-order valence-electron chi connectivity index (χ4n) is 2.86. The molecule has 1 aromatic heterocycles. The number of amides is 1. The Hall–Kier alpha value is -1.77. The van der Waals surface area contributed by atoms with Crippen LogP contribution in [0.15, 0.2) is 34.5 Å². The van der Waals surface area contributed by atoms with E-state index in [-0.39, 0.29) is 12.3 Å². The highest BCUT2D eigenvalue weighted by Crippen LogP contribution is 2.19. The van der Waals surface area contributed by atoms with Gasteiger partial charge in [0.2, 0.25) is 15.9 Å². The molecule has 0 saturated carbocycles. The third-order valence-corrected chi connectivity index (χ3v) is 6.93. The number of hydrogen-bond donors (Lipinski definition) is 0. The van der Waals surface area contributed by atoms with Gasteiger partial charge >= 0.3 is 0 Å². The number of aromatic nitrogens is 1. The van der Waals surface area contributed by atoms with Crippen LogP contribution < -0.4 is 0 Å². The van der Waals surface area contributed by atoms with Gasteiger partial charge in [0.15, 0.2) is 0 Å². The van der Waals surface area contributed by atoms with Crippen LogP contribution in [0.5, 0.6) is 0 Å². The third-order valence-electron chi connectivity index (χ3n) is 4.22. The Morgan fingerprint density at radius 2 is 1.92 bits per heavy atom. The maximum absolute atomic E-state index is 12.7. The van der Waals surface area contributed by atoms with E-state index in [1.165, 1.54) is 15.6 Å². The van der Waals surface area contributed by atoms with Crippen molar-refractivity contribution in [2.75, 3.05) is 26.2 Å². The molecule has 0 bridgehead atoms. The minimum atomic E-state index is -3.50. The molecule has 6 nitrogen and oxygen atoms in total. The van der Waals surface area contributed by atoms with E-state index in [0.717, 1.165) is 16.3 Å². The fourth-order valence-corrected chi connectivity index (χ4v) is 5.00. The van der Waals surface area contributed by atoms with Crippen LogP contribution in [0.3, 0.4) is 0 Å². The average molecular weight is 380 g/mol. The van der Waals surface area contributed by atoms with Gasteiger partial charge in [0, 0.05) is 31.6 Å². The average Bonchev–Trinajstić information content (AvgIpc) is 3.00. The molecule has 1 amide bonds. The highest BCUT2D eigenvalue weighted by molar-refractivity contribution is 7.89. The zero-order valence-corrected chi connectivity index (χ0v) is 15.9. The molecule has 0 radical (unpaired) electrons. The molecule has 0 unspecified atom stereocenters. The van der Waals surface area contributed by atoms with Crippen molar-refractivity contribution in [3.63, 3.8) is 0 Å². The molecule has 25 heavy (non-hydrogen) atoms. The number of rotatable bonds is 4. The van der Waals surface area contributed by atoms with Crippen LogP contribution in [0, 0.1) is 13.8 Å². The van der Waals surface area contributed by atoms with E-state index >= 15 is 0 Å². The quantitative estimate of drug-likeness (QED) is 0.813. The molecule has 134 valence electrons. The van der Waals surface area contributed by atoms with Gasteiger partial charge in [-0.15, -0.1) is 11.3 Å². The van der Waals surface area contributed by atoms with E-state index < -0.39 is 10.0 Å². The van der Waals surface area contributed by atoms with Crippen LogP contribution in [-0.2, 0) is 21.2 Å². The minimum Gasteiger partial charge on any atom is -0.340 e. The van der Waals surface area contributed by atoms with Gasteiger partial charge in [-0.1, -0.05) is 12.1 Å². The SMILES string of the molecule is Cc1cccc(S(=O)(=O)N2CCN(C(=O)Cc3csc(C)n3)CC2)c1. The van der Waals surface area contributed by atoms with E-state index in [1.54, 1.807) is 23.1 Å². The molecule has 1 saturated heterocycles. The number of carbonyl (C=O) groups excluding carboxylic acids is 1. The number of benzene rings is 1. The zero-order valence-electron chi connectivity index (χ0n) is 14.3. The Morgan fingerprint density at radius 1 is 1.20 bits per heavy atom. The molecule has 8 heteroatoms. The second-order valence-corrected chi connectivity index (χ2v) is 9.14. The predicted octanol–water partition coefficient (Wildman–Crippen LogP) is 1.84. The summed E-state index contributed by atoms with van der Waals surface area (Å²) in [5, 5.41) is 2.84. The summed E-state index contributed by atoms with van der Waals surface area (Å²) < 4.78 is 26.9. The van der Waals surface area contributed by atoms with Gasteiger partial charge in [-0.25, -0.2) is 13.4 Å². The number of thiazole rings is 1. The van der Waals surface area contributed by atoms with Crippen molar-refractivity contribution in [2.24, 2.45) is 0 Å². The summed E-state index contributed by atoms with van der Waals surface area (Å²) in [5.41, 5.74) is 1.69. The zero-order chi connectivity index (χ0) is 18.0. The van der Waals surface area contributed by atoms with Gasteiger partial charge in [0.1, 0.15) is 0 Å². The molecule has 1 aliphatic rings. The summed E-state index contributed by atoms with van der Waals surface area (Å²) >= 11 is 1.53. The molecule has 0 spiro atoms. The van der Waals surface area contributed by atoms with Crippen LogP contribution in [0.2, 0.25) is 0 Å². The second kappa shape index (κ2) is 7.23. The first-order valence-corrected chi connectivity index (χ1v) is 10.4. The number of aryl methyl sites for hydroxylation is 2. The Bertz CT molecular complexity index is 869. The largest absolute Gasteiger partial charge is 0.340 e. The van der Waals surface area contributed by atoms with Gasteiger partial charge in [-0.3, -0.25) is 4.79 Å². The molecule has 1 aliphatic heterocycles. The minimum absolute atomic E-state index is 0.00194. The van der Waals surface area contributed by atoms with Gasteiger partial charge in [-0.05, 0) is 31.5 Å². The van der Waals surface area contributed by atoms with Crippen molar-refractivity contribution in [3.05, 3.63) is 45.9 Å². The van der Waals surface area contributed by atoms with Crippen LogP contribution in [0.4, 0.5) is 0 Å². The molecular weight excluding hydrogens is 358 g/mol. The molecule has 3 rings (SSSR count). The first-order chi connectivity index (χ1) is 11.9. The van der Waals surface area contributed by atoms with Crippen molar-refractivity contribution in [3.8, 4) is 0 Å². The second-order valence-electron chi connectivity index (χ2n) is 6.14. The van der Waals surface area contributed by atoms with E-state index in [2.05, 4.69) is 4.98 Å². The number of carbonyl (C=O) groups is 1. The van der Waals surface area contributed by atoms with Crippen molar-refractivity contribution in [2.45, 2.75) is 25.2 Å². The number of piperazine rings is 1. The van der Waals surface area contributed by atoms with Crippen LogP contribution in [-0.4, -0.2) is 54.7 Å². The van der Waals surface area contributed by atoms with E-state index in [0.29, 0.717) is 31.1 Å². The molecule has 0 aliphatic carbocycles. The molecule has 2 heterocycles. The number of nitrogens with zero attached hydrogens (tertiary/aromatic N) is 3. The number of hydrogen-bond acceptors (Lipinski definition) is 5. The van der Waals surface area contributed by atoms with Gasteiger partial charge in [0.05, 0.1) is 22.0 Å². The van der Waals surface area contributed by atoms with E-state index in [1.807, 2.05) is 25.3 Å². The molecule has 2 aromatic rings. The number of sulfonamides is 1. The normalized spacial score (nSPS) is 16.2. The van der Waals surface area contributed by atoms with Crippen LogP contribution in [0.1, 0.15) is 16.3 Å². The Kier molecular flexibility index (Phi) is 5.21. The topological polar surface area (TPSA) is 70.6 Å².